The normalized spacial score (nSPS) is 10.2. The van der Waals surface area contributed by atoms with Gasteiger partial charge < -0.3 is 15.4 Å². The summed E-state index contributed by atoms with van der Waals surface area (Å²) in [6.07, 6.45) is 1.50. The summed E-state index contributed by atoms with van der Waals surface area (Å²) in [5.41, 5.74) is 1.72. The number of benzene rings is 2. The maximum Gasteiger partial charge on any atom is 0.274 e. The maximum atomic E-state index is 12.9. The van der Waals surface area contributed by atoms with Gasteiger partial charge in [-0.3, -0.25) is 4.79 Å². The first kappa shape index (κ1) is 17.3. The van der Waals surface area contributed by atoms with Crippen LogP contribution in [0.4, 0.5) is 16.0 Å². The average Bonchev–Trinajstić information content (AvgIpc) is 2.69. The van der Waals surface area contributed by atoms with Crippen molar-refractivity contribution >= 4 is 17.5 Å². The molecule has 0 saturated heterocycles. The number of methoxy groups -OCH3 is 1. The molecule has 2 aromatic carbocycles. The highest BCUT2D eigenvalue weighted by Crippen LogP contribution is 2.13. The number of hydrogen-bond acceptors (Lipinski definition) is 5. The number of ether oxygens (including phenoxy) is 1. The molecule has 3 aromatic rings. The van der Waals surface area contributed by atoms with E-state index in [-0.39, 0.29) is 11.5 Å². The molecule has 1 heterocycles. The minimum absolute atomic E-state index is 0.210. The van der Waals surface area contributed by atoms with E-state index in [0.29, 0.717) is 18.2 Å². The molecule has 0 atom stereocenters. The van der Waals surface area contributed by atoms with Gasteiger partial charge in [-0.1, -0.05) is 12.1 Å². The molecular weight excluding hydrogens is 335 g/mol. The van der Waals surface area contributed by atoms with E-state index in [1.807, 2.05) is 24.3 Å². The molecule has 6 nitrogen and oxygen atoms in total. The van der Waals surface area contributed by atoms with E-state index in [9.17, 15) is 9.18 Å². The Morgan fingerprint density at radius 3 is 2.50 bits per heavy atom. The molecule has 0 fully saturated rings. The van der Waals surface area contributed by atoms with Crippen LogP contribution >= 0.6 is 0 Å². The Morgan fingerprint density at radius 2 is 1.81 bits per heavy atom. The zero-order valence-electron chi connectivity index (χ0n) is 14.1. The van der Waals surface area contributed by atoms with Gasteiger partial charge >= 0.3 is 0 Å². The molecule has 7 heteroatoms. The molecule has 1 aromatic heterocycles. The summed E-state index contributed by atoms with van der Waals surface area (Å²) in [6, 6.07) is 14.6. The predicted octanol–water partition coefficient (Wildman–Crippen LogP) is 3.49. The van der Waals surface area contributed by atoms with Crippen LogP contribution in [-0.4, -0.2) is 23.0 Å². The Bertz CT molecular complexity index is 883. The molecule has 0 saturated carbocycles. The fourth-order valence-corrected chi connectivity index (χ4v) is 2.22. The SMILES string of the molecule is COc1ccc(CNc2nccc(C(=O)Nc3ccc(F)cc3)n2)cc1. The molecule has 0 radical (unpaired) electrons. The summed E-state index contributed by atoms with van der Waals surface area (Å²) in [7, 11) is 1.61. The van der Waals surface area contributed by atoms with Crippen molar-refractivity contribution in [3.8, 4) is 5.75 Å². The van der Waals surface area contributed by atoms with Crippen molar-refractivity contribution in [2.75, 3.05) is 17.7 Å². The number of nitrogens with one attached hydrogen (secondary N) is 2. The second kappa shape index (κ2) is 8.06. The number of anilines is 2. The third-order valence-electron chi connectivity index (χ3n) is 3.60. The van der Waals surface area contributed by atoms with E-state index >= 15 is 0 Å². The zero-order valence-corrected chi connectivity index (χ0v) is 14.1. The van der Waals surface area contributed by atoms with Crippen LogP contribution in [0.3, 0.4) is 0 Å². The van der Waals surface area contributed by atoms with Crippen molar-refractivity contribution in [1.82, 2.24) is 9.97 Å². The number of rotatable bonds is 6. The van der Waals surface area contributed by atoms with Crippen LogP contribution in [0, 0.1) is 5.82 Å². The van der Waals surface area contributed by atoms with Crippen molar-refractivity contribution in [1.29, 1.82) is 0 Å². The lowest BCUT2D eigenvalue weighted by molar-refractivity contribution is 0.102. The van der Waals surface area contributed by atoms with Crippen LogP contribution in [0.25, 0.3) is 0 Å². The summed E-state index contributed by atoms with van der Waals surface area (Å²) < 4.78 is 18.0. The predicted molar refractivity (Wildman–Crippen MR) is 96.7 cm³/mol. The van der Waals surface area contributed by atoms with Gasteiger partial charge in [0.15, 0.2) is 0 Å². The zero-order chi connectivity index (χ0) is 18.4. The number of amides is 1. The highest BCUT2D eigenvalue weighted by molar-refractivity contribution is 6.02. The maximum absolute atomic E-state index is 12.9. The fourth-order valence-electron chi connectivity index (χ4n) is 2.22. The first-order chi connectivity index (χ1) is 12.6. The van der Waals surface area contributed by atoms with Gasteiger partial charge in [0.1, 0.15) is 17.3 Å². The first-order valence-corrected chi connectivity index (χ1v) is 7.91. The highest BCUT2D eigenvalue weighted by Gasteiger charge is 2.09. The van der Waals surface area contributed by atoms with Crippen LogP contribution in [0.5, 0.6) is 5.75 Å². The smallest absolute Gasteiger partial charge is 0.274 e. The van der Waals surface area contributed by atoms with E-state index in [1.54, 1.807) is 7.11 Å². The van der Waals surface area contributed by atoms with Crippen LogP contribution in [-0.2, 0) is 6.54 Å². The number of halogens is 1. The van der Waals surface area contributed by atoms with Gasteiger partial charge in [0, 0.05) is 18.4 Å². The van der Waals surface area contributed by atoms with Crippen LogP contribution in [0.2, 0.25) is 0 Å². The molecule has 26 heavy (non-hydrogen) atoms. The number of carbonyl (C=O) groups excluding carboxylic acids is 1. The van der Waals surface area contributed by atoms with Gasteiger partial charge in [-0.2, -0.15) is 0 Å². The second-order valence-corrected chi connectivity index (χ2v) is 5.43. The Hall–Kier alpha value is -3.48. The first-order valence-electron chi connectivity index (χ1n) is 7.91. The molecule has 0 aliphatic heterocycles. The minimum Gasteiger partial charge on any atom is -0.497 e. The van der Waals surface area contributed by atoms with Crippen molar-refractivity contribution in [3.63, 3.8) is 0 Å². The van der Waals surface area contributed by atoms with Crippen LogP contribution in [0.15, 0.2) is 60.8 Å². The van der Waals surface area contributed by atoms with Crippen molar-refractivity contribution in [2.45, 2.75) is 6.54 Å². The van der Waals surface area contributed by atoms with Gasteiger partial charge in [-0.15, -0.1) is 0 Å². The monoisotopic (exact) mass is 352 g/mol. The number of carbonyl (C=O) groups is 1. The molecule has 2 N–H and O–H groups in total. The van der Waals surface area contributed by atoms with Crippen molar-refractivity contribution in [3.05, 3.63) is 77.9 Å². The Labute approximate surface area is 150 Å². The third-order valence-corrected chi connectivity index (χ3v) is 3.60. The molecule has 0 aliphatic rings. The van der Waals surface area contributed by atoms with E-state index < -0.39 is 5.91 Å². The lowest BCUT2D eigenvalue weighted by Crippen LogP contribution is -2.15. The molecule has 3 rings (SSSR count). The van der Waals surface area contributed by atoms with Gasteiger partial charge in [0.2, 0.25) is 5.95 Å². The fraction of sp³-hybridized carbons (Fsp3) is 0.105. The standard InChI is InChI=1S/C19H17FN4O2/c1-26-16-8-2-13(3-9-16)12-22-19-21-11-10-17(24-19)18(25)23-15-6-4-14(20)5-7-15/h2-11H,12H2,1H3,(H,23,25)(H,21,22,24). The van der Waals surface area contributed by atoms with Crippen molar-refractivity contribution in [2.24, 2.45) is 0 Å². The summed E-state index contributed by atoms with van der Waals surface area (Å²) in [6.45, 7) is 0.507. The second-order valence-electron chi connectivity index (χ2n) is 5.43. The molecule has 0 unspecified atom stereocenters. The highest BCUT2D eigenvalue weighted by atomic mass is 19.1. The molecule has 0 bridgehead atoms. The summed E-state index contributed by atoms with van der Waals surface area (Å²) >= 11 is 0. The topological polar surface area (TPSA) is 76.1 Å². The molecule has 1 amide bonds. The number of hydrogen-bond donors (Lipinski definition) is 2. The molecular formula is C19H17FN4O2. The molecule has 132 valence electrons. The van der Waals surface area contributed by atoms with Crippen molar-refractivity contribution < 1.29 is 13.9 Å². The largest absolute Gasteiger partial charge is 0.497 e. The average molecular weight is 352 g/mol. The van der Waals surface area contributed by atoms with E-state index in [2.05, 4.69) is 20.6 Å². The minimum atomic E-state index is -0.397. The van der Waals surface area contributed by atoms with Gasteiger partial charge in [-0.05, 0) is 48.0 Å². The van der Waals surface area contributed by atoms with E-state index in [1.165, 1.54) is 36.5 Å². The third kappa shape index (κ3) is 4.54. The lowest BCUT2D eigenvalue weighted by Gasteiger charge is -2.08. The van der Waals surface area contributed by atoms with Gasteiger partial charge in [0.05, 0.1) is 7.11 Å². The number of aromatic nitrogens is 2. The summed E-state index contributed by atoms with van der Waals surface area (Å²) in [5, 5.41) is 5.73. The summed E-state index contributed by atoms with van der Waals surface area (Å²) in [5.74, 6) is 0.360. The lowest BCUT2D eigenvalue weighted by atomic mass is 10.2. The van der Waals surface area contributed by atoms with Crippen LogP contribution in [0.1, 0.15) is 16.1 Å². The molecule has 0 spiro atoms. The Morgan fingerprint density at radius 1 is 1.08 bits per heavy atom. The summed E-state index contributed by atoms with van der Waals surface area (Å²) in [4.78, 5) is 20.6. The number of nitrogens with zero attached hydrogens (tertiary/aromatic N) is 2. The Kier molecular flexibility index (Phi) is 5.38. The van der Waals surface area contributed by atoms with Gasteiger partial charge in [0.25, 0.3) is 5.91 Å². The van der Waals surface area contributed by atoms with Gasteiger partial charge in [-0.25, -0.2) is 14.4 Å². The van der Waals surface area contributed by atoms with E-state index in [0.717, 1.165) is 11.3 Å². The Balaban J connectivity index is 1.63. The van der Waals surface area contributed by atoms with E-state index in [4.69, 9.17) is 4.74 Å². The van der Waals surface area contributed by atoms with Crippen LogP contribution < -0.4 is 15.4 Å². The quantitative estimate of drug-likeness (QED) is 0.710. The molecule has 0 aliphatic carbocycles.